The molecular weight excluding hydrogens is 254 g/mol. The summed E-state index contributed by atoms with van der Waals surface area (Å²) in [4.78, 5) is 3.80. The zero-order chi connectivity index (χ0) is 13.6. The van der Waals surface area contributed by atoms with Gasteiger partial charge in [-0.05, 0) is 6.07 Å². The largest absolute Gasteiger partial charge is 0.323 e. The van der Waals surface area contributed by atoms with E-state index < -0.39 is 10.0 Å². The number of hydrogen-bond acceptors (Lipinski definition) is 6. The summed E-state index contributed by atoms with van der Waals surface area (Å²) in [5, 5.41) is 8.53. The van der Waals surface area contributed by atoms with Crippen LogP contribution < -0.4 is 11.3 Å². The van der Waals surface area contributed by atoms with Crippen molar-refractivity contribution < 1.29 is 8.42 Å². The van der Waals surface area contributed by atoms with Crippen LogP contribution in [0.5, 0.6) is 0 Å². The normalized spacial score (nSPS) is 11.2. The molecule has 1 rings (SSSR count). The first-order valence-electron chi connectivity index (χ1n) is 5.35. The van der Waals surface area contributed by atoms with E-state index in [0.29, 0.717) is 0 Å². The van der Waals surface area contributed by atoms with Crippen LogP contribution in [0, 0.1) is 11.3 Å². The molecule has 1 aromatic rings. The van der Waals surface area contributed by atoms with Crippen molar-refractivity contribution in [3.8, 4) is 6.07 Å². The first-order chi connectivity index (χ1) is 8.57. The number of hydrogen-bond donors (Lipinski definition) is 2. The van der Waals surface area contributed by atoms with Gasteiger partial charge in [0, 0.05) is 31.9 Å². The lowest BCUT2D eigenvalue weighted by atomic mass is 10.4. The Morgan fingerprint density at radius 1 is 1.61 bits per heavy atom. The van der Waals surface area contributed by atoms with Gasteiger partial charge >= 0.3 is 0 Å². The van der Waals surface area contributed by atoms with E-state index in [0.717, 1.165) is 0 Å². The second-order valence-electron chi connectivity index (χ2n) is 3.42. The molecule has 1 aromatic heterocycles. The van der Waals surface area contributed by atoms with Gasteiger partial charge in [0.25, 0.3) is 0 Å². The molecule has 7 nitrogen and oxygen atoms in total. The Balaban J connectivity index is 3.15. The summed E-state index contributed by atoms with van der Waals surface area (Å²) in [6, 6.07) is 3.40. The predicted octanol–water partition coefficient (Wildman–Crippen LogP) is 0.291. The molecule has 0 fully saturated rings. The lowest BCUT2D eigenvalue weighted by Crippen LogP contribution is -2.32. The Bertz CT molecular complexity index is 537. The Morgan fingerprint density at radius 3 is 2.89 bits per heavy atom. The fourth-order valence-electron chi connectivity index (χ4n) is 1.47. The van der Waals surface area contributed by atoms with E-state index in [1.807, 2.05) is 6.07 Å². The highest BCUT2D eigenvalue weighted by atomic mass is 32.2. The molecule has 0 bridgehead atoms. The lowest BCUT2D eigenvalue weighted by molar-refractivity contribution is 0.435. The molecule has 0 atom stereocenters. The summed E-state index contributed by atoms with van der Waals surface area (Å²) < 4.78 is 25.9. The van der Waals surface area contributed by atoms with E-state index in [-0.39, 0.29) is 30.1 Å². The lowest BCUT2D eigenvalue weighted by Gasteiger charge is -2.20. The summed E-state index contributed by atoms with van der Waals surface area (Å²) >= 11 is 0. The van der Waals surface area contributed by atoms with Crippen LogP contribution in [0.4, 0.5) is 5.69 Å². The van der Waals surface area contributed by atoms with Crippen molar-refractivity contribution in [2.45, 2.75) is 18.2 Å². The van der Waals surface area contributed by atoms with Gasteiger partial charge in [-0.15, -0.1) is 0 Å². The summed E-state index contributed by atoms with van der Waals surface area (Å²) in [6.45, 7) is 2.14. The molecule has 0 unspecified atom stereocenters. The smallest absolute Gasteiger partial charge is 0.246 e. The molecule has 0 aliphatic carbocycles. The first-order valence-corrected chi connectivity index (χ1v) is 6.79. The number of aromatic nitrogens is 1. The number of hydrazine groups is 1. The number of nitrogens with zero attached hydrogens (tertiary/aromatic N) is 3. The third kappa shape index (κ3) is 2.95. The molecule has 98 valence electrons. The van der Waals surface area contributed by atoms with Gasteiger partial charge < -0.3 is 5.43 Å². The molecule has 1 heterocycles. The average Bonchev–Trinajstić information content (AvgIpc) is 2.39. The van der Waals surface area contributed by atoms with Gasteiger partial charge in [0.05, 0.1) is 11.8 Å². The highest BCUT2D eigenvalue weighted by molar-refractivity contribution is 7.89. The third-order valence-corrected chi connectivity index (χ3v) is 4.39. The Labute approximate surface area is 106 Å². The minimum Gasteiger partial charge on any atom is -0.323 e. The van der Waals surface area contributed by atoms with E-state index >= 15 is 0 Å². The summed E-state index contributed by atoms with van der Waals surface area (Å²) in [5.74, 6) is 5.28. The van der Waals surface area contributed by atoms with Crippen LogP contribution in [0.3, 0.4) is 0 Å². The molecule has 3 N–H and O–H groups in total. The Morgan fingerprint density at radius 2 is 2.33 bits per heavy atom. The summed E-state index contributed by atoms with van der Waals surface area (Å²) in [5.41, 5.74) is 2.60. The van der Waals surface area contributed by atoms with Crippen molar-refractivity contribution in [2.24, 2.45) is 5.84 Å². The number of rotatable bonds is 6. The molecule has 0 saturated carbocycles. The van der Waals surface area contributed by atoms with Crippen LogP contribution in [-0.4, -0.2) is 30.8 Å². The van der Waals surface area contributed by atoms with Crippen LogP contribution in [0.15, 0.2) is 23.4 Å². The van der Waals surface area contributed by atoms with Crippen molar-refractivity contribution in [1.82, 2.24) is 9.29 Å². The monoisotopic (exact) mass is 269 g/mol. The minimum absolute atomic E-state index is 0.00675. The van der Waals surface area contributed by atoms with Crippen molar-refractivity contribution in [3.63, 3.8) is 0 Å². The van der Waals surface area contributed by atoms with Crippen molar-refractivity contribution in [3.05, 3.63) is 18.5 Å². The van der Waals surface area contributed by atoms with E-state index in [1.54, 1.807) is 6.92 Å². The highest BCUT2D eigenvalue weighted by Gasteiger charge is 2.25. The van der Waals surface area contributed by atoms with Crippen molar-refractivity contribution in [1.29, 1.82) is 5.26 Å². The first kappa shape index (κ1) is 14.4. The number of sulfonamides is 1. The fourth-order valence-corrected chi connectivity index (χ4v) is 3.02. The van der Waals surface area contributed by atoms with Crippen molar-refractivity contribution >= 4 is 15.7 Å². The second-order valence-corrected chi connectivity index (χ2v) is 5.33. The van der Waals surface area contributed by atoms with Gasteiger partial charge in [0.1, 0.15) is 4.90 Å². The number of nitrogens with one attached hydrogen (secondary N) is 1. The van der Waals surface area contributed by atoms with Crippen molar-refractivity contribution in [2.75, 3.05) is 18.5 Å². The van der Waals surface area contributed by atoms with Gasteiger partial charge in [-0.1, -0.05) is 6.92 Å². The maximum Gasteiger partial charge on any atom is 0.246 e. The van der Waals surface area contributed by atoms with Gasteiger partial charge in [-0.3, -0.25) is 10.8 Å². The van der Waals surface area contributed by atoms with E-state index in [9.17, 15) is 8.42 Å². The number of nitrogens with two attached hydrogens (primary N) is 1. The number of anilines is 1. The van der Waals surface area contributed by atoms with Crippen LogP contribution in [0.2, 0.25) is 0 Å². The third-order valence-electron chi connectivity index (χ3n) is 2.38. The predicted molar refractivity (Wildman–Crippen MR) is 66.7 cm³/mol. The Hall–Kier alpha value is -1.69. The zero-order valence-electron chi connectivity index (χ0n) is 10.00. The average molecular weight is 269 g/mol. The molecular formula is C10H15N5O2S. The van der Waals surface area contributed by atoms with Crippen LogP contribution in [0.1, 0.15) is 13.3 Å². The molecule has 0 amide bonds. The van der Waals surface area contributed by atoms with Crippen LogP contribution in [0.25, 0.3) is 0 Å². The molecule has 0 aliphatic heterocycles. The molecule has 18 heavy (non-hydrogen) atoms. The molecule has 0 aliphatic rings. The molecule has 8 heteroatoms. The number of nitrogen functional groups attached to an aromatic ring is 1. The number of pyridine rings is 1. The van der Waals surface area contributed by atoms with Crippen LogP contribution >= 0.6 is 0 Å². The van der Waals surface area contributed by atoms with Gasteiger partial charge in [0.2, 0.25) is 10.0 Å². The maximum absolute atomic E-state index is 12.3. The summed E-state index contributed by atoms with van der Waals surface area (Å²) in [7, 11) is -3.69. The molecule has 0 aromatic carbocycles. The standard InChI is InChI=1S/C10H15N5O2S/c1-2-15(7-3-5-11)18(16,17)10-8-13-6-4-9(10)14-12/h4,6,8H,2-3,7,12H2,1H3,(H,13,14). The zero-order valence-corrected chi connectivity index (χ0v) is 10.8. The van der Waals surface area contributed by atoms with Gasteiger partial charge in [0.15, 0.2) is 0 Å². The fraction of sp³-hybridized carbons (Fsp3) is 0.400. The number of nitriles is 1. The highest BCUT2D eigenvalue weighted by Crippen LogP contribution is 2.22. The van der Waals surface area contributed by atoms with E-state index in [1.165, 1.54) is 22.8 Å². The topological polar surface area (TPSA) is 112 Å². The van der Waals surface area contributed by atoms with E-state index in [2.05, 4.69) is 10.4 Å². The van der Waals surface area contributed by atoms with Crippen LogP contribution in [-0.2, 0) is 10.0 Å². The minimum atomic E-state index is -3.69. The van der Waals surface area contributed by atoms with Gasteiger partial charge in [-0.2, -0.15) is 9.57 Å². The maximum atomic E-state index is 12.3. The SMILES string of the molecule is CCN(CCC#N)S(=O)(=O)c1cnccc1NN. The molecule has 0 spiro atoms. The molecule has 0 radical (unpaired) electrons. The molecule has 0 saturated heterocycles. The van der Waals surface area contributed by atoms with Gasteiger partial charge in [-0.25, -0.2) is 8.42 Å². The quantitative estimate of drug-likeness (QED) is 0.567. The summed E-state index contributed by atoms with van der Waals surface area (Å²) in [6.07, 6.45) is 2.82. The Kier molecular flexibility index (Phi) is 5.03. The second kappa shape index (κ2) is 6.30. The van der Waals surface area contributed by atoms with E-state index in [4.69, 9.17) is 11.1 Å².